The Bertz CT molecular complexity index is 320. The van der Waals surface area contributed by atoms with E-state index in [2.05, 4.69) is 11.8 Å². The predicted molar refractivity (Wildman–Crippen MR) is 49.4 cm³/mol. The Morgan fingerprint density at radius 2 is 2.08 bits per heavy atom. The van der Waals surface area contributed by atoms with Gasteiger partial charge in [0.15, 0.2) is 0 Å². The SMILES string of the molecule is C[C@H](O)C#Cc1ccccc1N. The number of aliphatic hydroxyl groups is 1. The second kappa shape index (κ2) is 3.80. The van der Waals surface area contributed by atoms with Crippen LogP contribution in [0.2, 0.25) is 0 Å². The van der Waals surface area contributed by atoms with E-state index in [-0.39, 0.29) is 0 Å². The monoisotopic (exact) mass is 161 g/mol. The lowest BCUT2D eigenvalue weighted by Crippen LogP contribution is -1.94. The van der Waals surface area contributed by atoms with Crippen molar-refractivity contribution in [3.63, 3.8) is 0 Å². The zero-order valence-corrected chi connectivity index (χ0v) is 6.91. The molecule has 0 fully saturated rings. The summed E-state index contributed by atoms with van der Waals surface area (Å²) in [6.07, 6.45) is -0.607. The number of nitrogen functional groups attached to an aromatic ring is 1. The zero-order chi connectivity index (χ0) is 8.97. The highest BCUT2D eigenvalue weighted by atomic mass is 16.3. The maximum Gasteiger partial charge on any atom is 0.112 e. The lowest BCUT2D eigenvalue weighted by Gasteiger charge is -1.95. The molecule has 0 amide bonds. The third kappa shape index (κ3) is 2.30. The molecular formula is C10H11NO. The highest BCUT2D eigenvalue weighted by Gasteiger charge is 1.91. The van der Waals surface area contributed by atoms with Gasteiger partial charge in [-0.3, -0.25) is 0 Å². The summed E-state index contributed by atoms with van der Waals surface area (Å²) < 4.78 is 0. The summed E-state index contributed by atoms with van der Waals surface area (Å²) in [6.45, 7) is 1.62. The number of hydrogen-bond acceptors (Lipinski definition) is 2. The summed E-state index contributed by atoms with van der Waals surface area (Å²) in [7, 11) is 0. The van der Waals surface area contributed by atoms with E-state index < -0.39 is 6.10 Å². The molecule has 0 bridgehead atoms. The largest absolute Gasteiger partial charge is 0.398 e. The molecule has 0 aliphatic rings. The number of aliphatic hydroxyl groups excluding tert-OH is 1. The van der Waals surface area contributed by atoms with Gasteiger partial charge in [0.25, 0.3) is 0 Å². The molecule has 3 N–H and O–H groups in total. The molecule has 1 aromatic carbocycles. The van der Waals surface area contributed by atoms with E-state index in [1.807, 2.05) is 18.2 Å². The van der Waals surface area contributed by atoms with Gasteiger partial charge in [-0.2, -0.15) is 0 Å². The van der Waals surface area contributed by atoms with Crippen LogP contribution in [0.4, 0.5) is 5.69 Å². The van der Waals surface area contributed by atoms with Crippen molar-refractivity contribution in [2.24, 2.45) is 0 Å². The van der Waals surface area contributed by atoms with Gasteiger partial charge in [0, 0.05) is 11.3 Å². The number of hydrogen-bond donors (Lipinski definition) is 2. The summed E-state index contributed by atoms with van der Waals surface area (Å²) in [4.78, 5) is 0. The second-order valence-electron chi connectivity index (χ2n) is 2.53. The Morgan fingerprint density at radius 3 is 2.67 bits per heavy atom. The van der Waals surface area contributed by atoms with Crippen molar-refractivity contribution in [3.05, 3.63) is 29.8 Å². The maximum atomic E-state index is 8.89. The quantitative estimate of drug-likeness (QED) is 0.440. The van der Waals surface area contributed by atoms with Crippen molar-refractivity contribution in [1.29, 1.82) is 0 Å². The van der Waals surface area contributed by atoms with E-state index in [4.69, 9.17) is 10.8 Å². The summed E-state index contributed by atoms with van der Waals surface area (Å²) in [5, 5.41) is 8.89. The first kappa shape index (κ1) is 8.63. The molecular weight excluding hydrogens is 150 g/mol. The molecule has 0 radical (unpaired) electrons. The van der Waals surface area contributed by atoms with Crippen LogP contribution >= 0.6 is 0 Å². The molecule has 1 atom stereocenters. The normalized spacial score (nSPS) is 11.5. The third-order valence-corrected chi connectivity index (χ3v) is 1.38. The van der Waals surface area contributed by atoms with Crippen LogP contribution in [0.1, 0.15) is 12.5 Å². The van der Waals surface area contributed by atoms with E-state index in [1.54, 1.807) is 13.0 Å². The number of anilines is 1. The zero-order valence-electron chi connectivity index (χ0n) is 6.91. The molecule has 0 aromatic heterocycles. The first-order valence-electron chi connectivity index (χ1n) is 3.74. The minimum Gasteiger partial charge on any atom is -0.398 e. The molecule has 0 saturated carbocycles. The lowest BCUT2D eigenvalue weighted by molar-refractivity contribution is 0.253. The first-order chi connectivity index (χ1) is 5.70. The van der Waals surface area contributed by atoms with Crippen molar-refractivity contribution in [2.45, 2.75) is 13.0 Å². The van der Waals surface area contributed by atoms with Crippen LogP contribution in [0, 0.1) is 11.8 Å². The molecule has 0 heterocycles. The van der Waals surface area contributed by atoms with Gasteiger partial charge in [-0.1, -0.05) is 24.0 Å². The summed E-state index contributed by atoms with van der Waals surface area (Å²) in [5.74, 6) is 5.42. The Balaban J connectivity index is 2.92. The Labute approximate surface area is 72.0 Å². The van der Waals surface area contributed by atoms with E-state index >= 15 is 0 Å². The summed E-state index contributed by atoms with van der Waals surface area (Å²) >= 11 is 0. The Morgan fingerprint density at radius 1 is 1.42 bits per heavy atom. The van der Waals surface area contributed by atoms with Crippen molar-refractivity contribution in [2.75, 3.05) is 5.73 Å². The summed E-state index contributed by atoms with van der Waals surface area (Å²) in [6, 6.07) is 7.32. The van der Waals surface area contributed by atoms with Gasteiger partial charge < -0.3 is 10.8 Å². The van der Waals surface area contributed by atoms with Crippen LogP contribution in [0.5, 0.6) is 0 Å². The van der Waals surface area contributed by atoms with Crippen LogP contribution in [0.15, 0.2) is 24.3 Å². The maximum absolute atomic E-state index is 8.89. The number of nitrogens with two attached hydrogens (primary N) is 1. The Kier molecular flexibility index (Phi) is 2.73. The average molecular weight is 161 g/mol. The molecule has 2 heteroatoms. The van der Waals surface area contributed by atoms with Gasteiger partial charge in [-0.25, -0.2) is 0 Å². The predicted octanol–water partition coefficient (Wildman–Crippen LogP) is 1.00. The van der Waals surface area contributed by atoms with Gasteiger partial charge in [0.05, 0.1) is 0 Å². The number of para-hydroxylation sites is 1. The molecule has 62 valence electrons. The standard InChI is InChI=1S/C10H11NO/c1-8(12)6-7-9-4-2-3-5-10(9)11/h2-5,8,12H,11H2,1H3/t8-/m0/s1. The minimum atomic E-state index is -0.607. The average Bonchev–Trinajstić information content (AvgIpc) is 2.03. The molecule has 0 aliphatic carbocycles. The van der Waals surface area contributed by atoms with E-state index in [0.29, 0.717) is 5.69 Å². The molecule has 1 rings (SSSR count). The van der Waals surface area contributed by atoms with E-state index in [9.17, 15) is 0 Å². The van der Waals surface area contributed by atoms with Gasteiger partial charge in [0.2, 0.25) is 0 Å². The molecule has 1 aromatic rings. The third-order valence-electron chi connectivity index (χ3n) is 1.38. The van der Waals surface area contributed by atoms with Crippen LogP contribution in [-0.4, -0.2) is 11.2 Å². The lowest BCUT2D eigenvalue weighted by atomic mass is 10.2. The van der Waals surface area contributed by atoms with Gasteiger partial charge in [-0.15, -0.1) is 0 Å². The van der Waals surface area contributed by atoms with E-state index in [1.165, 1.54) is 0 Å². The Hall–Kier alpha value is -1.46. The molecule has 0 aliphatic heterocycles. The first-order valence-corrected chi connectivity index (χ1v) is 3.74. The van der Waals surface area contributed by atoms with Crippen LogP contribution < -0.4 is 5.73 Å². The fraction of sp³-hybridized carbons (Fsp3) is 0.200. The number of benzene rings is 1. The van der Waals surface area contributed by atoms with Gasteiger partial charge in [-0.05, 0) is 19.1 Å². The second-order valence-corrected chi connectivity index (χ2v) is 2.53. The molecule has 0 unspecified atom stereocenters. The fourth-order valence-corrected chi connectivity index (χ4v) is 0.793. The van der Waals surface area contributed by atoms with Crippen molar-refractivity contribution < 1.29 is 5.11 Å². The van der Waals surface area contributed by atoms with Gasteiger partial charge in [0.1, 0.15) is 6.10 Å². The van der Waals surface area contributed by atoms with Crippen molar-refractivity contribution in [1.82, 2.24) is 0 Å². The van der Waals surface area contributed by atoms with Gasteiger partial charge >= 0.3 is 0 Å². The van der Waals surface area contributed by atoms with Crippen LogP contribution in [-0.2, 0) is 0 Å². The topological polar surface area (TPSA) is 46.2 Å². The summed E-state index contributed by atoms with van der Waals surface area (Å²) in [5.41, 5.74) is 7.03. The minimum absolute atomic E-state index is 0.607. The van der Waals surface area contributed by atoms with Crippen molar-refractivity contribution >= 4 is 5.69 Å². The molecule has 2 nitrogen and oxygen atoms in total. The van der Waals surface area contributed by atoms with Crippen LogP contribution in [0.25, 0.3) is 0 Å². The molecule has 12 heavy (non-hydrogen) atoms. The van der Waals surface area contributed by atoms with Crippen LogP contribution in [0.3, 0.4) is 0 Å². The highest BCUT2D eigenvalue weighted by molar-refractivity contribution is 5.55. The smallest absolute Gasteiger partial charge is 0.112 e. The molecule has 0 spiro atoms. The number of rotatable bonds is 0. The van der Waals surface area contributed by atoms with E-state index in [0.717, 1.165) is 5.56 Å². The molecule has 0 saturated heterocycles. The van der Waals surface area contributed by atoms with Crippen molar-refractivity contribution in [3.8, 4) is 11.8 Å². The fourth-order valence-electron chi connectivity index (χ4n) is 0.793. The highest BCUT2D eigenvalue weighted by Crippen LogP contribution is 2.07.